The van der Waals surface area contributed by atoms with E-state index in [4.69, 9.17) is 4.99 Å². The van der Waals surface area contributed by atoms with Gasteiger partial charge in [0.25, 0.3) is 0 Å². The molecule has 1 aliphatic heterocycles. The number of nitrogens with zero attached hydrogens (tertiary/aromatic N) is 1. The molecule has 2 aromatic rings. The van der Waals surface area contributed by atoms with E-state index >= 15 is 0 Å². The molecule has 1 aromatic carbocycles. The van der Waals surface area contributed by atoms with Gasteiger partial charge in [-0.2, -0.15) is 0 Å². The van der Waals surface area contributed by atoms with Crippen LogP contribution in [0.2, 0.25) is 0 Å². The lowest BCUT2D eigenvalue weighted by Gasteiger charge is -2.01. The van der Waals surface area contributed by atoms with Crippen molar-refractivity contribution in [2.45, 2.75) is 18.9 Å². The van der Waals surface area contributed by atoms with Gasteiger partial charge in [0.2, 0.25) is 0 Å². The van der Waals surface area contributed by atoms with Crippen molar-refractivity contribution in [1.29, 1.82) is 0 Å². The third-order valence-electron chi connectivity index (χ3n) is 3.02. The van der Waals surface area contributed by atoms with Crippen LogP contribution in [-0.2, 0) is 0 Å². The maximum atomic E-state index is 12.8. The first-order chi connectivity index (χ1) is 8.33. The topological polar surface area (TPSA) is 12.4 Å². The van der Waals surface area contributed by atoms with E-state index < -0.39 is 0 Å². The Morgan fingerprint density at radius 1 is 1.18 bits per heavy atom. The smallest absolute Gasteiger partial charge is 0.123 e. The second-order valence-corrected chi connectivity index (χ2v) is 5.13. The normalized spacial score (nSPS) is 19.4. The van der Waals surface area contributed by atoms with Gasteiger partial charge in [0.15, 0.2) is 0 Å². The van der Waals surface area contributed by atoms with Gasteiger partial charge in [0, 0.05) is 10.6 Å². The molecule has 86 valence electrons. The summed E-state index contributed by atoms with van der Waals surface area (Å²) in [5.74, 6) is -0.192. The number of aliphatic imine (C=N–C) groups is 1. The number of thiophene rings is 1. The monoisotopic (exact) mass is 245 g/mol. The second kappa shape index (κ2) is 4.41. The summed E-state index contributed by atoms with van der Waals surface area (Å²) >= 11 is 1.75. The van der Waals surface area contributed by atoms with Crippen molar-refractivity contribution < 1.29 is 4.39 Å². The minimum atomic E-state index is -0.192. The number of halogens is 1. The quantitative estimate of drug-likeness (QED) is 0.751. The van der Waals surface area contributed by atoms with Crippen LogP contribution >= 0.6 is 11.3 Å². The summed E-state index contributed by atoms with van der Waals surface area (Å²) in [7, 11) is 0. The van der Waals surface area contributed by atoms with Crippen molar-refractivity contribution in [2.75, 3.05) is 0 Å². The van der Waals surface area contributed by atoms with E-state index in [0.717, 1.165) is 24.1 Å². The molecule has 17 heavy (non-hydrogen) atoms. The minimum Gasteiger partial charge on any atom is -0.280 e. The summed E-state index contributed by atoms with van der Waals surface area (Å²) in [6.45, 7) is 0. The van der Waals surface area contributed by atoms with E-state index in [2.05, 4.69) is 17.5 Å². The molecular weight excluding hydrogens is 233 g/mol. The fraction of sp³-hybridized carbons (Fsp3) is 0.214. The molecule has 0 N–H and O–H groups in total. The molecule has 0 spiro atoms. The number of hydrogen-bond donors (Lipinski definition) is 0. The summed E-state index contributed by atoms with van der Waals surface area (Å²) in [5, 5.41) is 2.08. The molecule has 2 heterocycles. The summed E-state index contributed by atoms with van der Waals surface area (Å²) in [4.78, 5) is 6.06. The van der Waals surface area contributed by atoms with Gasteiger partial charge < -0.3 is 0 Å². The fourth-order valence-corrected chi connectivity index (χ4v) is 2.94. The van der Waals surface area contributed by atoms with Gasteiger partial charge in [-0.1, -0.05) is 18.2 Å². The van der Waals surface area contributed by atoms with Gasteiger partial charge in [-0.3, -0.25) is 4.99 Å². The van der Waals surface area contributed by atoms with Crippen molar-refractivity contribution in [3.8, 4) is 0 Å². The Balaban J connectivity index is 1.86. The molecule has 1 unspecified atom stereocenters. The Morgan fingerprint density at radius 2 is 2.00 bits per heavy atom. The zero-order valence-corrected chi connectivity index (χ0v) is 10.1. The maximum absolute atomic E-state index is 12.8. The first kappa shape index (κ1) is 10.7. The van der Waals surface area contributed by atoms with Gasteiger partial charge >= 0.3 is 0 Å². The van der Waals surface area contributed by atoms with Crippen LogP contribution in [0.5, 0.6) is 0 Å². The molecule has 0 amide bonds. The van der Waals surface area contributed by atoms with Crippen molar-refractivity contribution in [3.63, 3.8) is 0 Å². The Kier molecular flexibility index (Phi) is 2.77. The van der Waals surface area contributed by atoms with Crippen LogP contribution in [0.25, 0.3) is 0 Å². The van der Waals surface area contributed by atoms with Crippen LogP contribution in [0.3, 0.4) is 0 Å². The van der Waals surface area contributed by atoms with Crippen LogP contribution in [0, 0.1) is 5.82 Å². The molecule has 0 bridgehead atoms. The van der Waals surface area contributed by atoms with E-state index in [0.29, 0.717) is 6.04 Å². The maximum Gasteiger partial charge on any atom is 0.123 e. The standard InChI is InChI=1S/C14H12FNS/c15-11-5-3-10(4-6-11)12-7-8-13(16-12)14-2-1-9-17-14/h1-6,9,13H,7-8H2. The Hall–Kier alpha value is -1.48. The lowest BCUT2D eigenvalue weighted by atomic mass is 10.1. The minimum absolute atomic E-state index is 0.192. The number of benzene rings is 1. The number of rotatable bonds is 2. The predicted octanol–water partition coefficient (Wildman–Crippen LogP) is 4.21. The molecule has 0 aliphatic carbocycles. The molecular formula is C14H12FNS. The summed E-state index contributed by atoms with van der Waals surface area (Å²) < 4.78 is 12.8. The third-order valence-corrected chi connectivity index (χ3v) is 3.99. The molecule has 1 atom stereocenters. The van der Waals surface area contributed by atoms with Gasteiger partial charge in [0.1, 0.15) is 5.82 Å². The molecule has 1 aromatic heterocycles. The van der Waals surface area contributed by atoms with Gasteiger partial charge in [-0.15, -0.1) is 11.3 Å². The highest BCUT2D eigenvalue weighted by molar-refractivity contribution is 7.10. The molecule has 0 saturated heterocycles. The molecule has 0 radical (unpaired) electrons. The van der Waals surface area contributed by atoms with Crippen LogP contribution < -0.4 is 0 Å². The van der Waals surface area contributed by atoms with Crippen LogP contribution in [0.15, 0.2) is 46.8 Å². The molecule has 3 heteroatoms. The van der Waals surface area contributed by atoms with E-state index in [1.54, 1.807) is 11.3 Å². The Labute approximate surface area is 104 Å². The first-order valence-electron chi connectivity index (χ1n) is 5.69. The first-order valence-corrected chi connectivity index (χ1v) is 6.57. The molecule has 1 aliphatic rings. The lowest BCUT2D eigenvalue weighted by Crippen LogP contribution is -1.95. The summed E-state index contributed by atoms with van der Waals surface area (Å²) in [6.07, 6.45) is 2.04. The van der Waals surface area contributed by atoms with Crippen LogP contribution in [0.1, 0.15) is 29.3 Å². The van der Waals surface area contributed by atoms with Crippen molar-refractivity contribution in [1.82, 2.24) is 0 Å². The summed E-state index contributed by atoms with van der Waals surface area (Å²) in [5.41, 5.74) is 2.15. The fourth-order valence-electron chi connectivity index (χ4n) is 2.14. The molecule has 3 rings (SSSR count). The average Bonchev–Trinajstić information content (AvgIpc) is 3.00. The van der Waals surface area contributed by atoms with Crippen LogP contribution in [0.4, 0.5) is 4.39 Å². The number of hydrogen-bond acceptors (Lipinski definition) is 2. The second-order valence-electron chi connectivity index (χ2n) is 4.15. The van der Waals surface area contributed by atoms with Gasteiger partial charge in [-0.05, 0) is 42.0 Å². The highest BCUT2D eigenvalue weighted by atomic mass is 32.1. The highest BCUT2D eigenvalue weighted by Crippen LogP contribution is 2.33. The third kappa shape index (κ3) is 2.15. The van der Waals surface area contributed by atoms with Crippen molar-refractivity contribution in [2.24, 2.45) is 4.99 Å². The highest BCUT2D eigenvalue weighted by Gasteiger charge is 2.20. The lowest BCUT2D eigenvalue weighted by molar-refractivity contribution is 0.628. The molecule has 1 nitrogen and oxygen atoms in total. The van der Waals surface area contributed by atoms with Crippen LogP contribution in [-0.4, -0.2) is 5.71 Å². The Morgan fingerprint density at radius 3 is 2.71 bits per heavy atom. The molecule has 0 fully saturated rings. The average molecular weight is 245 g/mol. The largest absolute Gasteiger partial charge is 0.280 e. The zero-order valence-electron chi connectivity index (χ0n) is 9.27. The Bertz CT molecular complexity index is 528. The van der Waals surface area contributed by atoms with Crippen molar-refractivity contribution >= 4 is 17.0 Å². The summed E-state index contributed by atoms with van der Waals surface area (Å²) in [6, 6.07) is 11.1. The van der Waals surface area contributed by atoms with Gasteiger partial charge in [0.05, 0.1) is 6.04 Å². The van der Waals surface area contributed by atoms with E-state index in [-0.39, 0.29) is 5.82 Å². The SMILES string of the molecule is Fc1ccc(C2=NC(c3cccs3)CC2)cc1. The van der Waals surface area contributed by atoms with Crippen molar-refractivity contribution in [3.05, 3.63) is 58.0 Å². The predicted molar refractivity (Wildman–Crippen MR) is 69.2 cm³/mol. The molecule has 0 saturated carbocycles. The van der Waals surface area contributed by atoms with Gasteiger partial charge in [-0.25, -0.2) is 4.39 Å². The van der Waals surface area contributed by atoms with E-state index in [1.165, 1.54) is 17.0 Å². The van der Waals surface area contributed by atoms with E-state index in [1.807, 2.05) is 12.1 Å². The zero-order chi connectivity index (χ0) is 11.7. The van der Waals surface area contributed by atoms with E-state index in [9.17, 15) is 4.39 Å².